The van der Waals surface area contributed by atoms with E-state index >= 15 is 0 Å². The summed E-state index contributed by atoms with van der Waals surface area (Å²) in [5.74, 6) is 1.40. The Balaban J connectivity index is 1.000. The van der Waals surface area contributed by atoms with Gasteiger partial charge in [-0.2, -0.15) is 0 Å². The van der Waals surface area contributed by atoms with Crippen molar-refractivity contribution in [1.29, 1.82) is 0 Å². The minimum atomic E-state index is -0.454. The Bertz CT molecular complexity index is 2860. The van der Waals surface area contributed by atoms with E-state index in [0.717, 1.165) is 86.7 Å². The zero-order valence-electron chi connectivity index (χ0n) is 38.9. The Kier molecular flexibility index (Phi) is 14.6. The number of Topliss-reactive ketones (excluding diaryl/α,β-unsaturated/α-hetero) is 1. The minimum Gasteiger partial charge on any atom is -0.506 e. The second-order valence-electron chi connectivity index (χ2n) is 18.3. The van der Waals surface area contributed by atoms with Gasteiger partial charge in [0.05, 0.1) is 29.7 Å². The van der Waals surface area contributed by atoms with E-state index in [1.165, 1.54) is 77.0 Å². The Morgan fingerprint density at radius 3 is 1.71 bits per heavy atom. The van der Waals surface area contributed by atoms with E-state index < -0.39 is 6.98 Å². The molecule has 10 heteroatoms. The van der Waals surface area contributed by atoms with Gasteiger partial charge in [-0.05, 0) is 47.9 Å². The van der Waals surface area contributed by atoms with Crippen molar-refractivity contribution in [2.75, 3.05) is 28.9 Å². The summed E-state index contributed by atoms with van der Waals surface area (Å²) >= 11 is 0. The number of nitrogens with one attached hydrogen (secondary N) is 3. The Morgan fingerprint density at radius 1 is 0.530 bits per heavy atom. The van der Waals surface area contributed by atoms with Crippen LogP contribution in [0.25, 0.3) is 32.7 Å². The number of aliphatic hydroxyl groups excluding tert-OH is 1. The molecule has 0 amide bonds. The van der Waals surface area contributed by atoms with Crippen molar-refractivity contribution in [3.63, 3.8) is 0 Å². The highest BCUT2D eigenvalue weighted by molar-refractivity contribution is 6.81. The lowest BCUT2D eigenvalue weighted by Gasteiger charge is -2.31. The fourth-order valence-electron chi connectivity index (χ4n) is 10.0. The first-order valence-corrected chi connectivity index (χ1v) is 25.0. The van der Waals surface area contributed by atoms with Gasteiger partial charge in [-0.3, -0.25) is 4.79 Å². The van der Waals surface area contributed by atoms with Crippen molar-refractivity contribution in [2.24, 2.45) is 4.90 Å². The lowest BCUT2D eigenvalue weighted by atomic mass is 9.65. The van der Waals surface area contributed by atoms with Crippen LogP contribution in [0.4, 0.5) is 17.1 Å². The monoisotopic (exact) mass is 879 g/mol. The molecular formula is C56H64B2N4O4. The zero-order valence-corrected chi connectivity index (χ0v) is 38.9. The van der Waals surface area contributed by atoms with Gasteiger partial charge in [-0.25, -0.2) is 0 Å². The average Bonchev–Trinajstić information content (AvgIpc) is 3.34. The normalized spacial score (nSPS) is 14.7. The van der Waals surface area contributed by atoms with Gasteiger partial charge in [-0.1, -0.05) is 189 Å². The van der Waals surface area contributed by atoms with Crippen LogP contribution in [-0.4, -0.2) is 38.1 Å². The van der Waals surface area contributed by atoms with Gasteiger partial charge >= 0.3 is 14.0 Å². The van der Waals surface area contributed by atoms with Gasteiger partial charge in [0.15, 0.2) is 0 Å². The first-order valence-electron chi connectivity index (χ1n) is 25.0. The molecule has 0 bridgehead atoms. The highest BCUT2D eigenvalue weighted by atomic mass is 16.5. The van der Waals surface area contributed by atoms with Crippen molar-refractivity contribution in [1.82, 2.24) is 0 Å². The van der Waals surface area contributed by atoms with E-state index in [-0.39, 0.29) is 24.1 Å². The van der Waals surface area contributed by atoms with Gasteiger partial charge in [-0.15, -0.1) is 0 Å². The number of hydrogen-bond acceptors (Lipinski definition) is 8. The summed E-state index contributed by atoms with van der Waals surface area (Å²) in [4.78, 5) is 20.0. The van der Waals surface area contributed by atoms with Crippen molar-refractivity contribution in [3.8, 4) is 11.5 Å². The van der Waals surface area contributed by atoms with Crippen molar-refractivity contribution in [3.05, 3.63) is 131 Å². The number of allylic oxidation sites excluding steroid dienone is 2. The number of aliphatic hydroxyl groups is 1. The fourth-order valence-corrected chi connectivity index (χ4v) is 10.0. The average molecular weight is 879 g/mol. The lowest BCUT2D eigenvalue weighted by Crippen LogP contribution is -2.49. The molecule has 3 aliphatic rings. The van der Waals surface area contributed by atoms with E-state index in [2.05, 4.69) is 65.9 Å². The molecule has 0 saturated carbocycles. The van der Waals surface area contributed by atoms with Gasteiger partial charge in [0.2, 0.25) is 5.78 Å². The molecule has 66 heavy (non-hydrogen) atoms. The molecule has 8 nitrogen and oxygen atoms in total. The zero-order chi connectivity index (χ0) is 45.2. The standard InChI is InChI=1S/C56H64B2N4O4/c1-3-5-7-9-11-13-15-21-37-65-47-31-19-17-27-43(47)57-59-45-29-23-25-39-33-35-41(53(61-57)49(39)45)51-55(63)52(56(51)64)42-36-34-40-26-24-30-46-50(40)54(42)62-58(60-46)44-28-18-20-32-48(44)66-38-22-16-14-12-10-8-6-4-2/h17-20,23-36,59-61,63H,3-16,21-22,37-38H2,1-2H3/b52-42+. The Labute approximate surface area is 391 Å². The summed E-state index contributed by atoms with van der Waals surface area (Å²) in [5.41, 5.74) is 5.84. The number of hydrogen-bond donors (Lipinski definition) is 4. The van der Waals surface area contributed by atoms with E-state index in [0.29, 0.717) is 34.9 Å². The van der Waals surface area contributed by atoms with Crippen molar-refractivity contribution < 1.29 is 19.4 Å². The van der Waals surface area contributed by atoms with E-state index in [1.54, 1.807) is 0 Å². The molecule has 0 unspecified atom stereocenters. The fraction of sp³-hybridized carbons (Fsp3) is 0.357. The third kappa shape index (κ3) is 9.56. The lowest BCUT2D eigenvalue weighted by molar-refractivity contribution is -0.109. The molecule has 0 saturated heterocycles. The maximum Gasteiger partial charge on any atom is 0.431 e. The second kappa shape index (κ2) is 21.4. The number of ketones is 1. The summed E-state index contributed by atoms with van der Waals surface area (Å²) < 4.78 is 12.9. The topological polar surface area (TPSA) is 104 Å². The van der Waals surface area contributed by atoms with Crippen LogP contribution >= 0.6 is 0 Å². The summed E-state index contributed by atoms with van der Waals surface area (Å²) in [6, 6.07) is 36.6. The number of ether oxygens (including phenoxy) is 2. The first kappa shape index (κ1) is 45.0. The quantitative estimate of drug-likeness (QED) is 0.0375. The number of rotatable bonds is 23. The maximum atomic E-state index is 14.7. The predicted octanol–water partition coefficient (Wildman–Crippen LogP) is 11.4. The largest absolute Gasteiger partial charge is 0.506 e. The summed E-state index contributed by atoms with van der Waals surface area (Å²) in [6.45, 7) is 5.03. The molecule has 2 heterocycles. The van der Waals surface area contributed by atoms with Gasteiger partial charge < -0.3 is 35.2 Å². The molecule has 0 fully saturated rings. The van der Waals surface area contributed by atoms with Crippen LogP contribution in [0.2, 0.25) is 0 Å². The highest BCUT2D eigenvalue weighted by Gasteiger charge is 2.40. The first-order chi connectivity index (χ1) is 32.6. The molecule has 9 rings (SSSR count). The predicted molar refractivity (Wildman–Crippen MR) is 277 cm³/mol. The second-order valence-corrected chi connectivity index (χ2v) is 18.3. The molecule has 338 valence electrons. The Hall–Kier alpha value is -6.15. The van der Waals surface area contributed by atoms with Gasteiger partial charge in [0, 0.05) is 49.5 Å². The highest BCUT2D eigenvalue weighted by Crippen LogP contribution is 2.45. The number of unbranched alkanes of at least 4 members (excludes halogenated alkanes) is 14. The molecule has 0 atom stereocenters. The van der Waals surface area contributed by atoms with Crippen molar-refractivity contribution in [2.45, 2.75) is 117 Å². The minimum absolute atomic E-state index is 0.0217. The number of carbonyl (C=O) groups is 1. The van der Waals surface area contributed by atoms with Crippen LogP contribution in [0.3, 0.4) is 0 Å². The van der Waals surface area contributed by atoms with Crippen LogP contribution in [0.1, 0.15) is 122 Å². The summed E-state index contributed by atoms with van der Waals surface area (Å²) in [5, 5.41) is 28.6. The molecule has 0 spiro atoms. The molecule has 1 aliphatic carbocycles. The van der Waals surface area contributed by atoms with Gasteiger partial charge in [0.1, 0.15) is 17.3 Å². The third-order valence-electron chi connectivity index (χ3n) is 13.6. The van der Waals surface area contributed by atoms with E-state index in [9.17, 15) is 9.90 Å². The molecule has 0 aromatic heterocycles. The SMILES string of the molecule is CCCCCCCCCCOc1ccccc1B1N=c2/c(=C3/C(=O)C(c4ccc5cccc6c5c4NB(c4ccccc4OCCCCCCCCCC)N6)=C3O)ccc3cccc(c23)N1. The summed E-state index contributed by atoms with van der Waals surface area (Å²) in [7, 11) is 0. The molecule has 6 aromatic rings. The number of para-hydroxylation sites is 2. The van der Waals surface area contributed by atoms with Crippen LogP contribution in [0.5, 0.6) is 11.5 Å². The number of carbonyl (C=O) groups excluding carboxylic acids is 1. The maximum absolute atomic E-state index is 14.7. The van der Waals surface area contributed by atoms with Crippen molar-refractivity contribution >= 4 is 80.4 Å². The smallest absolute Gasteiger partial charge is 0.431 e. The Morgan fingerprint density at radius 2 is 1.08 bits per heavy atom. The van der Waals surface area contributed by atoms with Gasteiger partial charge in [0.25, 0.3) is 0 Å². The molecular weight excluding hydrogens is 814 g/mol. The van der Waals surface area contributed by atoms with Crippen LogP contribution in [-0.2, 0) is 4.79 Å². The molecule has 0 radical (unpaired) electrons. The van der Waals surface area contributed by atoms with Crippen LogP contribution < -0.4 is 46.7 Å². The molecule has 2 aliphatic heterocycles. The molecule has 6 aromatic carbocycles. The van der Waals surface area contributed by atoms with Crippen LogP contribution in [0, 0.1) is 0 Å². The van der Waals surface area contributed by atoms with Crippen LogP contribution in [0.15, 0.2) is 120 Å². The number of anilines is 3. The third-order valence-corrected chi connectivity index (χ3v) is 13.6. The van der Waals surface area contributed by atoms with E-state index in [1.807, 2.05) is 72.8 Å². The number of nitrogens with zero attached hydrogens (tertiary/aromatic N) is 1. The summed E-state index contributed by atoms with van der Waals surface area (Å²) in [6.07, 6.45) is 19.9. The number of benzene rings is 6. The molecule has 4 N–H and O–H groups in total. The van der Waals surface area contributed by atoms with E-state index in [4.69, 9.17) is 14.4 Å².